The Balaban J connectivity index is 1.66. The van der Waals surface area contributed by atoms with Crippen LogP contribution in [-0.2, 0) is 16.6 Å². The fourth-order valence-electron chi connectivity index (χ4n) is 2.71. The van der Waals surface area contributed by atoms with Crippen LogP contribution in [0.5, 0.6) is 0 Å². The molecule has 0 atom stereocenters. The molecule has 1 aliphatic rings. The van der Waals surface area contributed by atoms with Crippen LogP contribution in [0.2, 0.25) is 10.2 Å². The molecular formula is C16H16Cl2FN3O2S. The van der Waals surface area contributed by atoms with Gasteiger partial charge in [0.25, 0.3) is 0 Å². The minimum Gasteiger partial charge on any atom is -0.296 e. The third-order valence-electron chi connectivity index (χ3n) is 4.06. The Morgan fingerprint density at radius 3 is 2.44 bits per heavy atom. The van der Waals surface area contributed by atoms with Crippen LogP contribution in [0.15, 0.2) is 41.4 Å². The molecule has 1 aromatic heterocycles. The number of pyridine rings is 1. The SMILES string of the molecule is O=S(=O)(c1ccc(F)c(Cl)c1)N1CCN(Cc2ccnc(Cl)c2)CC1. The van der Waals surface area contributed by atoms with Crippen LogP contribution in [0, 0.1) is 5.82 Å². The molecule has 0 spiro atoms. The largest absolute Gasteiger partial charge is 0.296 e. The van der Waals surface area contributed by atoms with E-state index in [1.54, 1.807) is 12.3 Å². The van der Waals surface area contributed by atoms with Gasteiger partial charge in [0.15, 0.2) is 0 Å². The third kappa shape index (κ3) is 4.30. The van der Waals surface area contributed by atoms with E-state index in [0.29, 0.717) is 37.9 Å². The van der Waals surface area contributed by atoms with E-state index in [9.17, 15) is 12.8 Å². The standard InChI is InChI=1S/C16H16Cl2FN3O2S/c17-14-10-13(1-2-15(14)19)25(23,24)22-7-5-21(6-8-22)11-12-3-4-20-16(18)9-12/h1-4,9-10H,5-8,11H2. The molecule has 1 fully saturated rings. The summed E-state index contributed by atoms with van der Waals surface area (Å²) in [5.41, 5.74) is 1.03. The monoisotopic (exact) mass is 403 g/mol. The molecule has 0 amide bonds. The lowest BCUT2D eigenvalue weighted by molar-refractivity contribution is 0.181. The normalized spacial score (nSPS) is 16.9. The van der Waals surface area contributed by atoms with Gasteiger partial charge in [-0.25, -0.2) is 17.8 Å². The van der Waals surface area contributed by atoms with E-state index in [1.165, 1.54) is 10.4 Å². The van der Waals surface area contributed by atoms with Crippen LogP contribution < -0.4 is 0 Å². The molecule has 0 bridgehead atoms. The Hall–Kier alpha value is -1.25. The molecule has 9 heteroatoms. The molecule has 0 radical (unpaired) electrons. The van der Waals surface area contributed by atoms with Crippen LogP contribution in [0.4, 0.5) is 4.39 Å². The summed E-state index contributed by atoms with van der Waals surface area (Å²) in [6.45, 7) is 2.58. The molecule has 1 aromatic carbocycles. The highest BCUT2D eigenvalue weighted by molar-refractivity contribution is 7.89. The van der Waals surface area contributed by atoms with Gasteiger partial charge >= 0.3 is 0 Å². The van der Waals surface area contributed by atoms with Crippen LogP contribution >= 0.6 is 23.2 Å². The van der Waals surface area contributed by atoms with Gasteiger partial charge in [0.2, 0.25) is 10.0 Å². The molecule has 3 rings (SSSR count). The Morgan fingerprint density at radius 1 is 1.08 bits per heavy atom. The zero-order valence-corrected chi connectivity index (χ0v) is 15.5. The minimum atomic E-state index is -3.68. The van der Waals surface area contributed by atoms with Crippen molar-refractivity contribution in [2.45, 2.75) is 11.4 Å². The van der Waals surface area contributed by atoms with Gasteiger partial charge in [-0.1, -0.05) is 23.2 Å². The molecule has 0 unspecified atom stereocenters. The summed E-state index contributed by atoms with van der Waals surface area (Å²) >= 11 is 11.6. The summed E-state index contributed by atoms with van der Waals surface area (Å²) < 4.78 is 40.0. The molecule has 0 N–H and O–H groups in total. The smallest absolute Gasteiger partial charge is 0.243 e. The van der Waals surface area contributed by atoms with E-state index in [2.05, 4.69) is 9.88 Å². The molecule has 0 saturated carbocycles. The summed E-state index contributed by atoms with van der Waals surface area (Å²) in [4.78, 5) is 6.10. The van der Waals surface area contributed by atoms with Gasteiger partial charge in [0.05, 0.1) is 9.92 Å². The van der Waals surface area contributed by atoms with Crippen molar-refractivity contribution in [1.82, 2.24) is 14.2 Å². The number of aromatic nitrogens is 1. The quantitative estimate of drug-likeness (QED) is 0.736. The maximum atomic E-state index is 13.3. The second-order valence-corrected chi connectivity index (χ2v) is 8.48. The number of hydrogen-bond donors (Lipinski definition) is 0. The number of piperazine rings is 1. The van der Waals surface area contributed by atoms with E-state index < -0.39 is 15.8 Å². The van der Waals surface area contributed by atoms with E-state index >= 15 is 0 Å². The Bertz CT molecular complexity index is 871. The number of halogens is 3. The molecular weight excluding hydrogens is 388 g/mol. The van der Waals surface area contributed by atoms with Crippen molar-refractivity contribution in [2.75, 3.05) is 26.2 Å². The highest BCUT2D eigenvalue weighted by Crippen LogP contribution is 2.23. The summed E-state index contributed by atoms with van der Waals surface area (Å²) in [5, 5.41) is 0.237. The molecule has 5 nitrogen and oxygen atoms in total. The highest BCUT2D eigenvalue weighted by atomic mass is 35.5. The first-order valence-corrected chi connectivity index (χ1v) is 9.84. The van der Waals surface area contributed by atoms with Gasteiger partial charge in [-0.15, -0.1) is 0 Å². The molecule has 2 aromatic rings. The first kappa shape index (κ1) is 18.5. The zero-order chi connectivity index (χ0) is 18.0. The van der Waals surface area contributed by atoms with E-state index in [0.717, 1.165) is 17.7 Å². The molecule has 1 saturated heterocycles. The maximum absolute atomic E-state index is 13.3. The zero-order valence-electron chi connectivity index (χ0n) is 13.2. The second kappa shape index (κ2) is 7.55. The van der Waals surface area contributed by atoms with Gasteiger partial charge < -0.3 is 0 Å². The predicted octanol–water partition coefficient (Wildman–Crippen LogP) is 3.03. The van der Waals surface area contributed by atoms with Crippen molar-refractivity contribution in [3.63, 3.8) is 0 Å². The van der Waals surface area contributed by atoms with Gasteiger partial charge in [-0.05, 0) is 35.9 Å². The van der Waals surface area contributed by atoms with Crippen molar-refractivity contribution < 1.29 is 12.8 Å². The lowest BCUT2D eigenvalue weighted by atomic mass is 10.2. The first-order valence-electron chi connectivity index (χ1n) is 7.64. The fourth-order valence-corrected chi connectivity index (χ4v) is 4.60. The van der Waals surface area contributed by atoms with Crippen LogP contribution in [0.3, 0.4) is 0 Å². The molecule has 1 aliphatic heterocycles. The van der Waals surface area contributed by atoms with E-state index in [4.69, 9.17) is 23.2 Å². The van der Waals surface area contributed by atoms with Crippen LogP contribution in [0.1, 0.15) is 5.56 Å². The van der Waals surface area contributed by atoms with Gasteiger partial charge in [0, 0.05) is 38.9 Å². The molecule has 25 heavy (non-hydrogen) atoms. The molecule has 0 aliphatic carbocycles. The van der Waals surface area contributed by atoms with E-state index in [1.807, 2.05) is 6.07 Å². The maximum Gasteiger partial charge on any atom is 0.243 e. The van der Waals surface area contributed by atoms with Gasteiger partial charge in [-0.3, -0.25) is 4.90 Å². The van der Waals surface area contributed by atoms with Crippen molar-refractivity contribution in [3.05, 3.63) is 58.1 Å². The number of rotatable bonds is 4. The Morgan fingerprint density at radius 2 is 1.80 bits per heavy atom. The number of benzene rings is 1. The lowest BCUT2D eigenvalue weighted by Gasteiger charge is -2.34. The molecule has 2 heterocycles. The molecule has 134 valence electrons. The lowest BCUT2D eigenvalue weighted by Crippen LogP contribution is -2.48. The summed E-state index contributed by atoms with van der Waals surface area (Å²) in [5.74, 6) is -0.638. The van der Waals surface area contributed by atoms with Crippen molar-refractivity contribution in [2.24, 2.45) is 0 Å². The Labute approximate surface area is 156 Å². The van der Waals surface area contributed by atoms with Crippen LogP contribution in [-0.4, -0.2) is 48.8 Å². The summed E-state index contributed by atoms with van der Waals surface area (Å²) in [6, 6.07) is 7.14. The average Bonchev–Trinajstić information content (AvgIpc) is 2.58. The minimum absolute atomic E-state index is 0.00765. The number of nitrogens with zero attached hydrogens (tertiary/aromatic N) is 3. The number of sulfonamides is 1. The number of hydrogen-bond acceptors (Lipinski definition) is 4. The Kier molecular flexibility index (Phi) is 5.60. The topological polar surface area (TPSA) is 53.5 Å². The van der Waals surface area contributed by atoms with Gasteiger partial charge in [-0.2, -0.15) is 4.31 Å². The van der Waals surface area contributed by atoms with Crippen molar-refractivity contribution in [3.8, 4) is 0 Å². The highest BCUT2D eigenvalue weighted by Gasteiger charge is 2.29. The van der Waals surface area contributed by atoms with Crippen molar-refractivity contribution >= 4 is 33.2 Å². The summed E-state index contributed by atoms with van der Waals surface area (Å²) in [6.07, 6.45) is 1.65. The second-order valence-electron chi connectivity index (χ2n) is 5.74. The summed E-state index contributed by atoms with van der Waals surface area (Å²) in [7, 11) is -3.68. The fraction of sp³-hybridized carbons (Fsp3) is 0.312. The van der Waals surface area contributed by atoms with Crippen LogP contribution in [0.25, 0.3) is 0 Å². The predicted molar refractivity (Wildman–Crippen MR) is 94.7 cm³/mol. The average molecular weight is 404 g/mol. The van der Waals surface area contributed by atoms with E-state index in [-0.39, 0.29) is 9.92 Å². The third-order valence-corrected chi connectivity index (χ3v) is 6.45. The van der Waals surface area contributed by atoms with Gasteiger partial charge in [0.1, 0.15) is 11.0 Å². The first-order chi connectivity index (χ1) is 11.9. The van der Waals surface area contributed by atoms with Crippen molar-refractivity contribution in [1.29, 1.82) is 0 Å².